The molecule has 92 heavy (non-hydrogen) atoms. The van der Waals surface area contributed by atoms with E-state index in [9.17, 15) is 0 Å². The number of hydrogen-bond donors (Lipinski definition) is 0. The first-order chi connectivity index (χ1) is 44.8. The number of halogens is 4. The lowest BCUT2D eigenvalue weighted by atomic mass is 10.1. The van der Waals surface area contributed by atoms with Crippen LogP contribution in [-0.2, 0) is 6.42 Å². The summed E-state index contributed by atoms with van der Waals surface area (Å²) in [4.78, 5) is 1.39. The summed E-state index contributed by atoms with van der Waals surface area (Å²) < 4.78 is 39.8. The molecule has 0 spiro atoms. The minimum Gasteiger partial charge on any atom is -0.307 e. The summed E-state index contributed by atoms with van der Waals surface area (Å²) in [5.41, 5.74) is 22.2. The van der Waals surface area contributed by atoms with Gasteiger partial charge in [0.05, 0.1) is 117 Å². The zero-order valence-corrected chi connectivity index (χ0v) is 63.7. The summed E-state index contributed by atoms with van der Waals surface area (Å²) in [6.07, 6.45) is 3.28. The molecule has 22 rings (SSSR count). The fourth-order valence-electron chi connectivity index (χ4n) is 14.2. The number of rotatable bonds is 4. The van der Waals surface area contributed by atoms with Gasteiger partial charge in [-0.1, -0.05) is 86.7 Å². The number of aromatic nitrogens is 4. The van der Waals surface area contributed by atoms with Crippen LogP contribution in [0.15, 0.2) is 155 Å². The van der Waals surface area contributed by atoms with E-state index in [1.165, 1.54) is 222 Å². The van der Waals surface area contributed by atoms with Gasteiger partial charge in [-0.05, 0) is 178 Å². The molecule has 21 aromatic rings. The van der Waals surface area contributed by atoms with Crippen LogP contribution in [0.2, 0.25) is 0 Å². The van der Waals surface area contributed by atoms with Crippen LogP contribution in [0.1, 0.15) is 32.7 Å². The number of fused-ring (bicyclic) bond motifs is 28. The molecule has 0 unspecified atom stereocenters. The highest BCUT2D eigenvalue weighted by atomic mass is 79.9. The van der Waals surface area contributed by atoms with Crippen molar-refractivity contribution in [1.29, 1.82) is 0 Å². The lowest BCUT2D eigenvalue weighted by Crippen LogP contribution is -1.95. The summed E-state index contributed by atoms with van der Waals surface area (Å²) in [5.74, 6) is 0. The van der Waals surface area contributed by atoms with Crippen molar-refractivity contribution in [2.75, 3.05) is 0 Å². The second kappa shape index (κ2) is 20.1. The summed E-state index contributed by atoms with van der Waals surface area (Å²) >= 11 is 36.3. The molecule has 0 atom stereocenters. The van der Waals surface area contributed by atoms with Crippen molar-refractivity contribution in [3.05, 3.63) is 188 Å². The first-order valence-electron chi connectivity index (χ1n) is 29.5. The molecule has 0 saturated carbocycles. The van der Waals surface area contributed by atoms with Crippen LogP contribution in [0, 0.1) is 27.7 Å². The highest BCUT2D eigenvalue weighted by molar-refractivity contribution is 9.12. The molecule has 444 valence electrons. The van der Waals surface area contributed by atoms with Crippen molar-refractivity contribution < 1.29 is 0 Å². The highest BCUT2D eigenvalue weighted by Gasteiger charge is 2.31. The smallest absolute Gasteiger partial charge is 0.0838 e. The van der Waals surface area contributed by atoms with E-state index < -0.39 is 0 Å². The van der Waals surface area contributed by atoms with Gasteiger partial charge in [0.15, 0.2) is 0 Å². The largest absolute Gasteiger partial charge is 0.307 e. The van der Waals surface area contributed by atoms with Crippen molar-refractivity contribution in [2.45, 2.75) is 34.1 Å². The number of allylic oxidation sites excluding steroid dienone is 1. The van der Waals surface area contributed by atoms with Crippen LogP contribution in [0.3, 0.4) is 0 Å². The Morgan fingerprint density at radius 1 is 0.283 bits per heavy atom. The van der Waals surface area contributed by atoms with Crippen LogP contribution in [-0.4, -0.2) is 18.3 Å². The lowest BCUT2D eigenvalue weighted by Gasteiger charge is -2.10. The average molecular weight is 1640 g/mol. The van der Waals surface area contributed by atoms with E-state index in [0.29, 0.717) is 0 Å². The fourth-order valence-corrected chi connectivity index (χ4v) is 30.9. The number of aryl methyl sites for hydroxylation is 4. The monoisotopic (exact) mass is 1640 g/mol. The molecule has 4 nitrogen and oxygen atoms in total. The molecule has 0 fully saturated rings. The van der Waals surface area contributed by atoms with E-state index >= 15 is 0 Å². The molecule has 0 amide bonds. The molecule has 0 bridgehead atoms. The quantitative estimate of drug-likeness (QED) is 0.167. The first kappa shape index (κ1) is 55.9. The van der Waals surface area contributed by atoms with E-state index in [4.69, 9.17) is 0 Å². The van der Waals surface area contributed by atoms with Gasteiger partial charge in [0, 0.05) is 83.6 Å². The summed E-state index contributed by atoms with van der Waals surface area (Å²) in [5, 5.41) is 5.48. The molecule has 15 aromatic heterocycles. The van der Waals surface area contributed by atoms with Crippen molar-refractivity contribution in [3.8, 4) is 22.7 Å². The Bertz CT molecular complexity index is 6640. The van der Waals surface area contributed by atoms with Crippen molar-refractivity contribution >= 4 is 345 Å². The highest BCUT2D eigenvalue weighted by Crippen LogP contribution is 2.58. The van der Waals surface area contributed by atoms with Gasteiger partial charge in [-0.25, -0.2) is 0 Å². The molecule has 0 N–H and O–H groups in total. The van der Waals surface area contributed by atoms with E-state index in [1.807, 2.05) is 125 Å². The summed E-state index contributed by atoms with van der Waals surface area (Å²) in [6.45, 7) is 8.65. The molecule has 0 saturated heterocycles. The Labute approximate surface area is 600 Å². The minimum atomic E-state index is 0.963. The molecule has 15 heterocycles. The zero-order chi connectivity index (χ0) is 61.2. The van der Waals surface area contributed by atoms with Gasteiger partial charge in [-0.3, -0.25) is 0 Å². The van der Waals surface area contributed by atoms with Crippen LogP contribution in [0.5, 0.6) is 0 Å². The van der Waals surface area contributed by atoms with Gasteiger partial charge in [0.25, 0.3) is 0 Å². The number of nitrogens with zero attached hydrogens (tertiary/aromatic N) is 4. The number of thiophene rings is 11. The number of hydrogen-bond acceptors (Lipinski definition) is 11. The van der Waals surface area contributed by atoms with Gasteiger partial charge < -0.3 is 18.3 Å². The van der Waals surface area contributed by atoms with Crippen LogP contribution in [0.4, 0.5) is 0 Å². The maximum Gasteiger partial charge on any atom is 0.0838 e. The molecule has 1 aliphatic rings. The van der Waals surface area contributed by atoms with E-state index in [1.54, 1.807) is 0 Å². The SMILES string of the molecule is Cc1ccc(-n2c3c4c(sc3c3sc5cc6c(cc5c32)sc2c3sc5cc(Br)sc5c3n(-c3ccc(C)cc3)c62)C=C(Br)C4)cc1.Cc1ccc(-n2c3cc(Br)sc3c3sc4c5cc6sc7c(sc8c9sc(Br)cc9n(-c9ccc(C)cc9)c78)c6cc5sc4c32)cc1. The van der Waals surface area contributed by atoms with Gasteiger partial charge in [-0.15, -0.1) is 125 Å². The van der Waals surface area contributed by atoms with Gasteiger partial charge in [0.1, 0.15) is 0 Å². The van der Waals surface area contributed by atoms with Crippen LogP contribution >= 0.6 is 188 Å². The second-order valence-corrected chi connectivity index (χ2v) is 40.6. The Morgan fingerprint density at radius 2 is 0.620 bits per heavy atom. The van der Waals surface area contributed by atoms with Gasteiger partial charge in [-0.2, -0.15) is 0 Å². The molecule has 0 radical (unpaired) electrons. The Balaban J connectivity index is 0.000000124. The maximum absolute atomic E-state index is 3.80. The number of benzene rings is 6. The normalized spacial score (nSPS) is 13.2. The van der Waals surface area contributed by atoms with E-state index in [-0.39, 0.29) is 0 Å². The van der Waals surface area contributed by atoms with E-state index in [0.717, 1.165) is 6.42 Å². The maximum atomic E-state index is 3.80. The lowest BCUT2D eigenvalue weighted by molar-refractivity contribution is 1.16. The molecule has 1 aliphatic carbocycles. The third kappa shape index (κ3) is 7.86. The second-order valence-electron chi connectivity index (χ2n) is 24.0. The average Bonchev–Trinajstić information content (AvgIpc) is 1.54. The van der Waals surface area contributed by atoms with Gasteiger partial charge >= 0.3 is 0 Å². The van der Waals surface area contributed by atoms with Crippen LogP contribution < -0.4 is 0 Å². The van der Waals surface area contributed by atoms with Crippen LogP contribution in [0.25, 0.3) is 179 Å². The Morgan fingerprint density at radius 3 is 1.09 bits per heavy atom. The third-order valence-electron chi connectivity index (χ3n) is 18.3. The first-order valence-corrected chi connectivity index (χ1v) is 41.7. The van der Waals surface area contributed by atoms with Gasteiger partial charge in [0.2, 0.25) is 0 Å². The molecular formula is C73H38Br4N4S11. The summed E-state index contributed by atoms with van der Waals surface area (Å²) in [7, 11) is 0. The Hall–Kier alpha value is -5.30. The molecule has 19 heteroatoms. The summed E-state index contributed by atoms with van der Waals surface area (Å²) in [6, 6.07) is 52.8. The van der Waals surface area contributed by atoms with Crippen molar-refractivity contribution in [1.82, 2.24) is 18.3 Å². The zero-order valence-electron chi connectivity index (χ0n) is 48.4. The standard InChI is InChI=1S/C37H20Br2N2S5.C36H18Br2N2S6/c1-16-3-7-19(8-4-16)40-29-21-11-18(38)12-24(21)42-34(29)35-30(40)22-13-26-23(14-25(22)43-35)31-36(44-26)37-32(33-27(45-37)15-28(39)46-33)41(31)20-9-5-17(2)6-10-20;1-15-3-7-17(8-4-15)39-21-13-25(37)43-31(21)35-27(39)33-29(45-35)19-11-24-20(12-23(19)41-33)30-34(42-24)28-36(46-30)32-22(14-26(38)44-32)40(28)18-9-5-16(2)6-10-18/h3-10,12-15H,11H2,1-2H3;3-14H,1-2H3. The fraction of sp³-hybridized carbons (Fsp3) is 0.0685. The molecular weight excluding hydrogens is 1610 g/mol. The Kier molecular flexibility index (Phi) is 12.2. The topological polar surface area (TPSA) is 19.7 Å². The van der Waals surface area contributed by atoms with Crippen molar-refractivity contribution in [2.24, 2.45) is 0 Å². The predicted molar refractivity (Wildman–Crippen MR) is 432 cm³/mol. The van der Waals surface area contributed by atoms with Crippen molar-refractivity contribution in [3.63, 3.8) is 0 Å². The molecule has 0 aliphatic heterocycles. The van der Waals surface area contributed by atoms with E-state index in [2.05, 4.69) is 255 Å². The minimum absolute atomic E-state index is 0.963. The third-order valence-corrected chi connectivity index (χ3v) is 34.0. The molecule has 6 aromatic carbocycles. The predicted octanol–water partition coefficient (Wildman–Crippen LogP) is 29.3.